The molecule has 0 saturated heterocycles. The number of benzene rings is 2. The van der Waals surface area contributed by atoms with Crippen molar-refractivity contribution in [3.63, 3.8) is 0 Å². The summed E-state index contributed by atoms with van der Waals surface area (Å²) in [5.74, 6) is -1.89. The standard InChI is InChI=1S/C22H18FN3O4S/c1-30-21(29)13-4-8-15(9-5-13)24-20(28)16-10-11-17-18(16)25-22(31-17)26-19(27)12-2-6-14(23)7-3-12/h2-9,16H,10-11H2,1H3,(H,24,28)(H,25,26,27). The van der Waals surface area contributed by atoms with Crippen molar-refractivity contribution >= 4 is 39.9 Å². The first-order valence-corrected chi connectivity index (χ1v) is 10.3. The van der Waals surface area contributed by atoms with Crippen LogP contribution in [0.2, 0.25) is 0 Å². The van der Waals surface area contributed by atoms with Crippen LogP contribution in [0, 0.1) is 5.82 Å². The fourth-order valence-corrected chi connectivity index (χ4v) is 4.38. The number of thiazole rings is 1. The lowest BCUT2D eigenvalue weighted by atomic mass is 10.1. The van der Waals surface area contributed by atoms with Crippen LogP contribution in [0.3, 0.4) is 0 Å². The van der Waals surface area contributed by atoms with Crippen LogP contribution < -0.4 is 10.6 Å². The number of nitrogens with zero attached hydrogens (tertiary/aromatic N) is 1. The first-order chi connectivity index (χ1) is 14.9. The van der Waals surface area contributed by atoms with E-state index in [-0.39, 0.29) is 11.8 Å². The molecule has 1 atom stereocenters. The number of methoxy groups -OCH3 is 1. The van der Waals surface area contributed by atoms with Gasteiger partial charge in [-0.2, -0.15) is 0 Å². The zero-order valence-electron chi connectivity index (χ0n) is 16.5. The van der Waals surface area contributed by atoms with Crippen molar-refractivity contribution in [2.45, 2.75) is 18.8 Å². The molecule has 9 heteroatoms. The van der Waals surface area contributed by atoms with Gasteiger partial charge in [0.2, 0.25) is 5.91 Å². The predicted octanol–water partition coefficient (Wildman–Crippen LogP) is 3.99. The van der Waals surface area contributed by atoms with E-state index in [0.717, 1.165) is 4.88 Å². The molecule has 0 spiro atoms. The van der Waals surface area contributed by atoms with Gasteiger partial charge >= 0.3 is 5.97 Å². The highest BCUT2D eigenvalue weighted by atomic mass is 32.1. The molecule has 1 unspecified atom stereocenters. The number of halogens is 1. The fraction of sp³-hybridized carbons (Fsp3) is 0.182. The molecule has 1 aromatic heterocycles. The Morgan fingerprint density at radius 1 is 1.03 bits per heavy atom. The maximum atomic E-state index is 13.0. The van der Waals surface area contributed by atoms with Gasteiger partial charge in [0.05, 0.1) is 24.3 Å². The largest absolute Gasteiger partial charge is 0.465 e. The molecule has 0 fully saturated rings. The van der Waals surface area contributed by atoms with Crippen LogP contribution in [0.1, 0.15) is 43.6 Å². The van der Waals surface area contributed by atoms with E-state index in [4.69, 9.17) is 0 Å². The summed E-state index contributed by atoms with van der Waals surface area (Å²) in [5, 5.41) is 5.95. The minimum absolute atomic E-state index is 0.203. The van der Waals surface area contributed by atoms with Gasteiger partial charge in [-0.15, -0.1) is 11.3 Å². The Morgan fingerprint density at radius 3 is 2.39 bits per heavy atom. The van der Waals surface area contributed by atoms with Gasteiger partial charge in [0.15, 0.2) is 5.13 Å². The molecule has 0 bridgehead atoms. The highest BCUT2D eigenvalue weighted by molar-refractivity contribution is 7.16. The van der Waals surface area contributed by atoms with E-state index in [2.05, 4.69) is 20.4 Å². The number of aromatic nitrogens is 1. The number of anilines is 2. The number of esters is 1. The molecule has 2 aromatic carbocycles. The highest BCUT2D eigenvalue weighted by Gasteiger charge is 2.33. The summed E-state index contributed by atoms with van der Waals surface area (Å²) in [6.07, 6.45) is 1.32. The van der Waals surface area contributed by atoms with E-state index in [0.29, 0.717) is 40.5 Å². The summed E-state index contributed by atoms with van der Waals surface area (Å²) >= 11 is 1.33. The number of carbonyl (C=O) groups excluding carboxylic acids is 3. The molecule has 1 aliphatic carbocycles. The number of carbonyl (C=O) groups is 3. The van der Waals surface area contributed by atoms with Crippen molar-refractivity contribution in [3.8, 4) is 0 Å². The van der Waals surface area contributed by atoms with Crippen LogP contribution in [0.15, 0.2) is 48.5 Å². The lowest BCUT2D eigenvalue weighted by molar-refractivity contribution is -0.117. The second-order valence-electron chi connectivity index (χ2n) is 6.94. The molecular formula is C22H18FN3O4S. The summed E-state index contributed by atoms with van der Waals surface area (Å²) in [7, 11) is 1.31. The highest BCUT2D eigenvalue weighted by Crippen LogP contribution is 2.39. The van der Waals surface area contributed by atoms with Gasteiger partial charge in [-0.1, -0.05) is 0 Å². The van der Waals surface area contributed by atoms with Gasteiger partial charge in [-0.3, -0.25) is 14.9 Å². The molecular weight excluding hydrogens is 421 g/mol. The van der Waals surface area contributed by atoms with E-state index in [9.17, 15) is 18.8 Å². The molecule has 2 amide bonds. The number of ether oxygens (including phenoxy) is 1. The van der Waals surface area contributed by atoms with Crippen molar-refractivity contribution in [2.75, 3.05) is 17.7 Å². The summed E-state index contributed by atoms with van der Waals surface area (Å²) in [5.41, 5.74) is 1.93. The van der Waals surface area contributed by atoms with Crippen molar-refractivity contribution in [1.29, 1.82) is 0 Å². The Balaban J connectivity index is 1.43. The van der Waals surface area contributed by atoms with Crippen LogP contribution in [0.4, 0.5) is 15.2 Å². The van der Waals surface area contributed by atoms with Crippen molar-refractivity contribution in [2.24, 2.45) is 0 Å². The smallest absolute Gasteiger partial charge is 0.337 e. The Morgan fingerprint density at radius 2 is 1.71 bits per heavy atom. The van der Waals surface area contributed by atoms with Crippen molar-refractivity contribution < 1.29 is 23.5 Å². The molecule has 0 saturated carbocycles. The predicted molar refractivity (Wildman–Crippen MR) is 114 cm³/mol. The second-order valence-corrected chi connectivity index (χ2v) is 8.02. The van der Waals surface area contributed by atoms with Gasteiger partial charge in [0.25, 0.3) is 5.91 Å². The number of aryl methyl sites for hydroxylation is 1. The zero-order chi connectivity index (χ0) is 22.0. The molecule has 1 aliphatic rings. The number of rotatable bonds is 5. The summed E-state index contributed by atoms with van der Waals surface area (Å²) < 4.78 is 17.7. The SMILES string of the molecule is COC(=O)c1ccc(NC(=O)C2CCc3sc(NC(=O)c4ccc(F)cc4)nc32)cc1. The van der Waals surface area contributed by atoms with Crippen LogP contribution in [-0.4, -0.2) is 29.9 Å². The Kier molecular flexibility index (Phi) is 5.77. The number of fused-ring (bicyclic) bond motifs is 1. The second kappa shape index (κ2) is 8.65. The average Bonchev–Trinajstić information content (AvgIpc) is 3.34. The number of hydrogen-bond acceptors (Lipinski definition) is 6. The third-order valence-corrected chi connectivity index (χ3v) is 5.98. The fourth-order valence-electron chi connectivity index (χ4n) is 3.34. The lowest BCUT2D eigenvalue weighted by Gasteiger charge is -2.11. The van der Waals surface area contributed by atoms with Gasteiger partial charge in [-0.05, 0) is 61.4 Å². The minimum Gasteiger partial charge on any atom is -0.465 e. The number of amides is 2. The normalized spacial score (nSPS) is 14.6. The molecule has 31 heavy (non-hydrogen) atoms. The molecule has 1 heterocycles. The van der Waals surface area contributed by atoms with E-state index in [1.807, 2.05) is 0 Å². The van der Waals surface area contributed by atoms with Crippen LogP contribution in [0.5, 0.6) is 0 Å². The number of nitrogens with one attached hydrogen (secondary N) is 2. The third kappa shape index (κ3) is 4.46. The summed E-state index contributed by atoms with van der Waals surface area (Å²) in [6.45, 7) is 0. The molecule has 0 aliphatic heterocycles. The van der Waals surface area contributed by atoms with E-state index >= 15 is 0 Å². The molecule has 0 radical (unpaired) electrons. The minimum atomic E-state index is -0.448. The monoisotopic (exact) mass is 439 g/mol. The van der Waals surface area contributed by atoms with E-state index in [1.54, 1.807) is 24.3 Å². The van der Waals surface area contributed by atoms with Gasteiger partial charge in [0, 0.05) is 16.1 Å². The first-order valence-electron chi connectivity index (χ1n) is 9.50. The number of hydrogen-bond donors (Lipinski definition) is 2. The topological polar surface area (TPSA) is 97.4 Å². The van der Waals surface area contributed by atoms with E-state index < -0.39 is 17.7 Å². The summed E-state index contributed by atoms with van der Waals surface area (Å²) in [4.78, 5) is 42.0. The van der Waals surface area contributed by atoms with Gasteiger partial charge < -0.3 is 10.1 Å². The van der Waals surface area contributed by atoms with E-state index in [1.165, 1.54) is 42.7 Å². The van der Waals surface area contributed by atoms with Crippen molar-refractivity contribution in [1.82, 2.24) is 4.98 Å². The molecule has 2 N–H and O–H groups in total. The Hall–Kier alpha value is -3.59. The average molecular weight is 439 g/mol. The first kappa shape index (κ1) is 20.7. The summed E-state index contributed by atoms with van der Waals surface area (Å²) in [6, 6.07) is 11.6. The molecule has 4 rings (SSSR count). The Bertz CT molecular complexity index is 1140. The maximum Gasteiger partial charge on any atom is 0.337 e. The molecule has 3 aromatic rings. The van der Waals surface area contributed by atoms with Crippen LogP contribution in [0.25, 0.3) is 0 Å². The Labute approximate surface area is 181 Å². The quantitative estimate of drug-likeness (QED) is 0.586. The van der Waals surface area contributed by atoms with Gasteiger partial charge in [0.1, 0.15) is 5.82 Å². The third-order valence-electron chi connectivity index (χ3n) is 4.93. The van der Waals surface area contributed by atoms with Crippen LogP contribution >= 0.6 is 11.3 Å². The lowest BCUT2D eigenvalue weighted by Crippen LogP contribution is -2.20. The molecule has 7 nitrogen and oxygen atoms in total. The van der Waals surface area contributed by atoms with Gasteiger partial charge in [-0.25, -0.2) is 14.2 Å². The maximum absolute atomic E-state index is 13.0. The zero-order valence-corrected chi connectivity index (χ0v) is 17.3. The van der Waals surface area contributed by atoms with Crippen LogP contribution in [-0.2, 0) is 16.0 Å². The van der Waals surface area contributed by atoms with Crippen molar-refractivity contribution in [3.05, 3.63) is 76.0 Å². The molecule has 158 valence electrons.